The fourth-order valence-corrected chi connectivity index (χ4v) is 2.78. The molecule has 0 spiro atoms. The smallest absolute Gasteiger partial charge is 0.161 e. The average molecular weight is 287 g/mol. The van der Waals surface area contributed by atoms with Gasteiger partial charge in [-0.25, -0.2) is 13.2 Å². The summed E-state index contributed by atoms with van der Waals surface area (Å²) in [5.41, 5.74) is 0.0610. The third kappa shape index (κ3) is 2.74. The summed E-state index contributed by atoms with van der Waals surface area (Å²) in [6, 6.07) is 2.61. The lowest BCUT2D eigenvalue weighted by molar-refractivity contribution is 0.416. The van der Waals surface area contributed by atoms with E-state index in [1.54, 1.807) is 18.5 Å². The van der Waals surface area contributed by atoms with E-state index in [0.717, 1.165) is 10.9 Å². The fourth-order valence-electron chi connectivity index (χ4n) is 1.80. The van der Waals surface area contributed by atoms with Gasteiger partial charge in [0.15, 0.2) is 11.6 Å². The lowest BCUT2D eigenvalue weighted by Crippen LogP contribution is -2.18. The second-order valence-corrected chi connectivity index (χ2v) is 4.84. The van der Waals surface area contributed by atoms with E-state index >= 15 is 0 Å². The Morgan fingerprint density at radius 1 is 1.11 bits per heavy atom. The molecule has 1 aromatic heterocycles. The molecule has 1 aromatic carbocycles. The van der Waals surface area contributed by atoms with Gasteiger partial charge in [-0.3, -0.25) is 0 Å². The molecule has 0 aliphatic carbocycles. The van der Waals surface area contributed by atoms with Gasteiger partial charge in [0.2, 0.25) is 0 Å². The van der Waals surface area contributed by atoms with Crippen LogP contribution in [0.2, 0.25) is 0 Å². The van der Waals surface area contributed by atoms with E-state index in [1.165, 1.54) is 18.4 Å². The molecule has 19 heavy (non-hydrogen) atoms. The molecule has 0 aliphatic heterocycles. The molecule has 0 bridgehead atoms. The molecule has 0 amide bonds. The van der Waals surface area contributed by atoms with Crippen molar-refractivity contribution < 1.29 is 17.9 Å². The van der Waals surface area contributed by atoms with Crippen molar-refractivity contribution in [2.45, 2.75) is 6.04 Å². The zero-order valence-electron chi connectivity index (χ0n) is 10.3. The van der Waals surface area contributed by atoms with Crippen LogP contribution < -0.4 is 10.1 Å². The van der Waals surface area contributed by atoms with Crippen LogP contribution in [0.15, 0.2) is 23.6 Å². The van der Waals surface area contributed by atoms with Gasteiger partial charge in [-0.05, 0) is 19.2 Å². The van der Waals surface area contributed by atoms with Crippen molar-refractivity contribution in [2.24, 2.45) is 0 Å². The van der Waals surface area contributed by atoms with Gasteiger partial charge in [0.1, 0.15) is 11.6 Å². The van der Waals surface area contributed by atoms with Gasteiger partial charge < -0.3 is 10.1 Å². The van der Waals surface area contributed by atoms with E-state index in [-0.39, 0.29) is 5.56 Å². The third-order valence-electron chi connectivity index (χ3n) is 2.76. The summed E-state index contributed by atoms with van der Waals surface area (Å²) in [6.45, 7) is 0. The summed E-state index contributed by atoms with van der Waals surface area (Å²) < 4.78 is 45.0. The molecule has 2 aromatic rings. The van der Waals surface area contributed by atoms with Crippen LogP contribution in [-0.2, 0) is 0 Å². The SMILES string of the molecule is CNC(c1cc(OC)cs1)c1cc(F)c(F)cc1F. The van der Waals surface area contributed by atoms with Crippen molar-refractivity contribution >= 4 is 11.3 Å². The van der Waals surface area contributed by atoms with Crippen LogP contribution in [0.25, 0.3) is 0 Å². The maximum atomic E-state index is 13.8. The number of thiophene rings is 1. The molecule has 102 valence electrons. The number of ether oxygens (including phenoxy) is 1. The van der Waals surface area contributed by atoms with Crippen molar-refractivity contribution in [1.29, 1.82) is 0 Å². The fraction of sp³-hybridized carbons (Fsp3) is 0.231. The second kappa shape index (κ2) is 5.63. The Kier molecular flexibility index (Phi) is 4.11. The van der Waals surface area contributed by atoms with E-state index < -0.39 is 23.5 Å². The highest BCUT2D eigenvalue weighted by atomic mass is 32.1. The van der Waals surface area contributed by atoms with Crippen LogP contribution in [0.3, 0.4) is 0 Å². The Labute approximate surface area is 112 Å². The predicted octanol–water partition coefficient (Wildman–Crippen LogP) is 3.48. The highest BCUT2D eigenvalue weighted by Gasteiger charge is 2.21. The first-order valence-corrected chi connectivity index (χ1v) is 6.39. The summed E-state index contributed by atoms with van der Waals surface area (Å²) in [6.07, 6.45) is 0. The quantitative estimate of drug-likeness (QED) is 0.869. The minimum atomic E-state index is -1.19. The molecular formula is C13H12F3NOS. The standard InChI is InChI=1S/C13H12F3NOS/c1-17-13(12-3-7(18-2)6-19-12)8-4-10(15)11(16)5-9(8)14/h3-6,13,17H,1-2H3. The molecule has 1 N–H and O–H groups in total. The van der Waals surface area contributed by atoms with Crippen LogP contribution in [0.1, 0.15) is 16.5 Å². The number of rotatable bonds is 4. The zero-order chi connectivity index (χ0) is 14.0. The molecule has 0 fully saturated rings. The van der Waals surface area contributed by atoms with Gasteiger partial charge in [-0.1, -0.05) is 0 Å². The molecule has 1 atom stereocenters. The predicted molar refractivity (Wildman–Crippen MR) is 68.1 cm³/mol. The average Bonchev–Trinajstić information content (AvgIpc) is 2.85. The molecule has 0 saturated carbocycles. The first kappa shape index (κ1) is 13.9. The van der Waals surface area contributed by atoms with Crippen molar-refractivity contribution in [3.8, 4) is 5.75 Å². The summed E-state index contributed by atoms with van der Waals surface area (Å²) in [5.74, 6) is -2.41. The normalized spacial score (nSPS) is 12.5. The molecule has 1 unspecified atom stereocenters. The number of nitrogens with one attached hydrogen (secondary N) is 1. The molecule has 1 heterocycles. The molecule has 2 nitrogen and oxygen atoms in total. The second-order valence-electron chi connectivity index (χ2n) is 3.90. The summed E-state index contributed by atoms with van der Waals surface area (Å²) in [4.78, 5) is 0.754. The molecular weight excluding hydrogens is 275 g/mol. The maximum Gasteiger partial charge on any atom is 0.161 e. The van der Waals surface area contributed by atoms with Crippen molar-refractivity contribution in [3.63, 3.8) is 0 Å². The summed E-state index contributed by atoms with van der Waals surface area (Å²) in [5, 5.41) is 4.65. The molecule has 6 heteroatoms. The highest BCUT2D eigenvalue weighted by Crippen LogP contribution is 2.32. The van der Waals surface area contributed by atoms with Crippen LogP contribution in [0, 0.1) is 17.5 Å². The molecule has 0 saturated heterocycles. The van der Waals surface area contributed by atoms with Gasteiger partial charge in [-0.15, -0.1) is 11.3 Å². The minimum absolute atomic E-state index is 0.0610. The van der Waals surface area contributed by atoms with Gasteiger partial charge in [0.25, 0.3) is 0 Å². The van der Waals surface area contributed by atoms with Crippen molar-refractivity contribution in [2.75, 3.05) is 14.2 Å². The van der Waals surface area contributed by atoms with E-state index in [2.05, 4.69) is 5.32 Å². The number of hydrogen-bond acceptors (Lipinski definition) is 3. The third-order valence-corrected chi connectivity index (χ3v) is 3.73. The van der Waals surface area contributed by atoms with Gasteiger partial charge in [0.05, 0.1) is 13.2 Å². The minimum Gasteiger partial charge on any atom is -0.496 e. The number of hydrogen-bond donors (Lipinski definition) is 1. The number of methoxy groups -OCH3 is 1. The van der Waals surface area contributed by atoms with E-state index in [1.807, 2.05) is 0 Å². The maximum absolute atomic E-state index is 13.8. The van der Waals surface area contributed by atoms with Crippen LogP contribution in [0.4, 0.5) is 13.2 Å². The van der Waals surface area contributed by atoms with Gasteiger partial charge in [-0.2, -0.15) is 0 Å². The van der Waals surface area contributed by atoms with Gasteiger partial charge in [0, 0.05) is 21.9 Å². The Hall–Kier alpha value is -1.53. The van der Waals surface area contributed by atoms with Crippen molar-refractivity contribution in [1.82, 2.24) is 5.32 Å². The summed E-state index contributed by atoms with van der Waals surface area (Å²) in [7, 11) is 3.15. The first-order valence-electron chi connectivity index (χ1n) is 5.51. The van der Waals surface area contributed by atoms with E-state index in [9.17, 15) is 13.2 Å². The monoisotopic (exact) mass is 287 g/mol. The molecule has 2 rings (SSSR count). The Morgan fingerprint density at radius 2 is 1.79 bits per heavy atom. The molecule has 0 aliphatic rings. The van der Waals surface area contributed by atoms with Crippen molar-refractivity contribution in [3.05, 3.63) is 51.5 Å². The first-order chi connectivity index (χ1) is 9.06. The Morgan fingerprint density at radius 3 is 2.37 bits per heavy atom. The largest absolute Gasteiger partial charge is 0.496 e. The Balaban J connectivity index is 2.44. The zero-order valence-corrected chi connectivity index (χ0v) is 11.2. The summed E-state index contributed by atoms with van der Waals surface area (Å²) >= 11 is 1.35. The van der Waals surface area contributed by atoms with Crippen LogP contribution >= 0.6 is 11.3 Å². The van der Waals surface area contributed by atoms with E-state index in [0.29, 0.717) is 11.8 Å². The van der Waals surface area contributed by atoms with Gasteiger partial charge >= 0.3 is 0 Å². The topological polar surface area (TPSA) is 21.3 Å². The lowest BCUT2D eigenvalue weighted by Gasteiger charge is -2.16. The number of benzene rings is 1. The molecule has 0 radical (unpaired) electrons. The van der Waals surface area contributed by atoms with E-state index in [4.69, 9.17) is 4.74 Å². The Bertz CT molecular complexity index is 585. The number of halogens is 3. The highest BCUT2D eigenvalue weighted by molar-refractivity contribution is 7.10. The van der Waals surface area contributed by atoms with Crippen LogP contribution in [-0.4, -0.2) is 14.2 Å². The van der Waals surface area contributed by atoms with Crippen LogP contribution in [0.5, 0.6) is 5.75 Å². The lowest BCUT2D eigenvalue weighted by atomic mass is 10.0.